The van der Waals surface area contributed by atoms with Gasteiger partial charge in [0.05, 0.1) is 21.8 Å². The number of phenols is 1. The highest BCUT2D eigenvalue weighted by molar-refractivity contribution is 9.10. The molecule has 0 aliphatic carbocycles. The highest BCUT2D eigenvalue weighted by atomic mass is 79.9. The second-order valence-electron chi connectivity index (χ2n) is 4.65. The quantitative estimate of drug-likeness (QED) is 0.651. The molecular formula is C15H14BrCl2NO. The normalized spacial score (nSPS) is 12.2. The maximum atomic E-state index is 10.0. The van der Waals surface area contributed by atoms with Crippen molar-refractivity contribution in [3.8, 4) is 5.75 Å². The van der Waals surface area contributed by atoms with Gasteiger partial charge in [-0.25, -0.2) is 0 Å². The molecule has 20 heavy (non-hydrogen) atoms. The van der Waals surface area contributed by atoms with Crippen LogP contribution in [-0.2, 0) is 0 Å². The van der Waals surface area contributed by atoms with E-state index in [2.05, 4.69) is 21.2 Å². The van der Waals surface area contributed by atoms with E-state index in [4.69, 9.17) is 23.2 Å². The molecule has 0 amide bonds. The van der Waals surface area contributed by atoms with E-state index in [9.17, 15) is 5.11 Å². The molecule has 0 heterocycles. The molecule has 2 aromatic rings. The molecule has 106 valence electrons. The number of aryl methyl sites for hydroxylation is 1. The van der Waals surface area contributed by atoms with Crippen LogP contribution in [0, 0.1) is 6.92 Å². The fraction of sp³-hybridized carbons (Fsp3) is 0.200. The lowest BCUT2D eigenvalue weighted by Crippen LogP contribution is -2.07. The van der Waals surface area contributed by atoms with Crippen molar-refractivity contribution in [3.05, 3.63) is 56.0 Å². The summed E-state index contributed by atoms with van der Waals surface area (Å²) in [5.41, 5.74) is 2.56. The van der Waals surface area contributed by atoms with E-state index in [1.54, 1.807) is 6.07 Å². The first kappa shape index (κ1) is 15.5. The van der Waals surface area contributed by atoms with Crippen LogP contribution in [0.1, 0.15) is 24.1 Å². The van der Waals surface area contributed by atoms with Crippen molar-refractivity contribution in [3.63, 3.8) is 0 Å². The molecular weight excluding hydrogens is 361 g/mol. The molecule has 0 aliphatic heterocycles. The molecule has 1 unspecified atom stereocenters. The Morgan fingerprint density at radius 1 is 1.15 bits per heavy atom. The van der Waals surface area contributed by atoms with E-state index in [1.807, 2.05) is 38.1 Å². The summed E-state index contributed by atoms with van der Waals surface area (Å²) in [4.78, 5) is 0. The molecule has 0 bridgehead atoms. The lowest BCUT2D eigenvalue weighted by molar-refractivity contribution is 0.465. The summed E-state index contributed by atoms with van der Waals surface area (Å²) >= 11 is 15.6. The fourth-order valence-corrected chi connectivity index (χ4v) is 2.80. The van der Waals surface area contributed by atoms with Crippen molar-refractivity contribution in [2.45, 2.75) is 19.9 Å². The van der Waals surface area contributed by atoms with Crippen LogP contribution in [0.15, 0.2) is 34.8 Å². The summed E-state index contributed by atoms with van der Waals surface area (Å²) in [6.45, 7) is 3.89. The van der Waals surface area contributed by atoms with Crippen LogP contribution >= 0.6 is 39.1 Å². The first-order valence-electron chi connectivity index (χ1n) is 6.09. The highest BCUT2D eigenvalue weighted by Crippen LogP contribution is 2.38. The summed E-state index contributed by atoms with van der Waals surface area (Å²) < 4.78 is 0.751. The minimum Gasteiger partial charge on any atom is -0.508 e. The number of nitrogens with one attached hydrogen (secondary N) is 1. The molecule has 2 aromatic carbocycles. The van der Waals surface area contributed by atoms with Crippen LogP contribution in [0.2, 0.25) is 10.0 Å². The number of halogens is 3. The molecule has 2 rings (SSSR count). The number of hydrogen-bond donors (Lipinski definition) is 2. The van der Waals surface area contributed by atoms with E-state index in [1.165, 1.54) is 0 Å². The Kier molecular flexibility index (Phi) is 4.84. The predicted molar refractivity (Wildman–Crippen MR) is 89.0 cm³/mol. The van der Waals surface area contributed by atoms with Crippen molar-refractivity contribution in [1.82, 2.24) is 0 Å². The van der Waals surface area contributed by atoms with Crippen molar-refractivity contribution in [1.29, 1.82) is 0 Å². The lowest BCUT2D eigenvalue weighted by atomic mass is 10.0. The van der Waals surface area contributed by atoms with Gasteiger partial charge in [-0.3, -0.25) is 0 Å². The average Bonchev–Trinajstić information content (AvgIpc) is 2.39. The van der Waals surface area contributed by atoms with Gasteiger partial charge >= 0.3 is 0 Å². The van der Waals surface area contributed by atoms with Crippen LogP contribution in [-0.4, -0.2) is 5.11 Å². The van der Waals surface area contributed by atoms with Crippen LogP contribution < -0.4 is 5.32 Å². The Morgan fingerprint density at radius 3 is 2.50 bits per heavy atom. The van der Waals surface area contributed by atoms with Gasteiger partial charge < -0.3 is 10.4 Å². The maximum absolute atomic E-state index is 10.0. The summed E-state index contributed by atoms with van der Waals surface area (Å²) in [6, 6.07) is 9.19. The number of aromatic hydroxyl groups is 1. The van der Waals surface area contributed by atoms with Gasteiger partial charge in [-0.15, -0.1) is 0 Å². The number of benzene rings is 2. The molecule has 0 saturated carbocycles. The molecule has 0 saturated heterocycles. The van der Waals surface area contributed by atoms with E-state index in [0.717, 1.165) is 21.3 Å². The molecule has 2 N–H and O–H groups in total. The van der Waals surface area contributed by atoms with Gasteiger partial charge in [-0.2, -0.15) is 0 Å². The van der Waals surface area contributed by atoms with Crippen LogP contribution in [0.25, 0.3) is 0 Å². The van der Waals surface area contributed by atoms with Gasteiger partial charge in [0, 0.05) is 10.0 Å². The minimum atomic E-state index is -0.0923. The van der Waals surface area contributed by atoms with Gasteiger partial charge in [-0.1, -0.05) is 35.3 Å². The van der Waals surface area contributed by atoms with Crippen LogP contribution in [0.3, 0.4) is 0 Å². The average molecular weight is 375 g/mol. The fourth-order valence-electron chi connectivity index (χ4n) is 1.97. The van der Waals surface area contributed by atoms with E-state index in [0.29, 0.717) is 10.0 Å². The zero-order valence-corrected chi connectivity index (χ0v) is 14.1. The topological polar surface area (TPSA) is 32.3 Å². The molecule has 2 nitrogen and oxygen atoms in total. The smallest absolute Gasteiger partial charge is 0.121 e. The Morgan fingerprint density at radius 2 is 1.85 bits per heavy atom. The molecule has 0 radical (unpaired) electrons. The third kappa shape index (κ3) is 3.22. The minimum absolute atomic E-state index is 0.0923. The maximum Gasteiger partial charge on any atom is 0.121 e. The standard InChI is InChI=1S/C15H14BrCl2NO/c1-8-3-4-10(13(20)7-8)9(2)19-12-6-5-11(16)14(17)15(12)18/h3-7,9,19-20H,1-2H3. The highest BCUT2D eigenvalue weighted by Gasteiger charge is 2.14. The van der Waals surface area contributed by atoms with Gasteiger partial charge in [0.25, 0.3) is 0 Å². The molecule has 0 spiro atoms. The third-order valence-electron chi connectivity index (χ3n) is 3.06. The zero-order chi connectivity index (χ0) is 14.9. The third-order valence-corrected chi connectivity index (χ3v) is 4.83. The lowest BCUT2D eigenvalue weighted by Gasteiger charge is -2.19. The number of hydrogen-bond acceptors (Lipinski definition) is 2. The second-order valence-corrected chi connectivity index (χ2v) is 6.26. The van der Waals surface area contributed by atoms with Gasteiger partial charge in [0.2, 0.25) is 0 Å². The van der Waals surface area contributed by atoms with E-state index < -0.39 is 0 Å². The van der Waals surface area contributed by atoms with Crippen molar-refractivity contribution in [2.24, 2.45) is 0 Å². The van der Waals surface area contributed by atoms with E-state index >= 15 is 0 Å². The Hall–Kier alpha value is -0.900. The Balaban J connectivity index is 2.28. The summed E-state index contributed by atoms with van der Waals surface area (Å²) in [5.74, 6) is 0.268. The zero-order valence-electron chi connectivity index (χ0n) is 11.0. The number of anilines is 1. The summed E-state index contributed by atoms with van der Waals surface area (Å²) in [6.07, 6.45) is 0. The second kappa shape index (κ2) is 6.25. The monoisotopic (exact) mass is 373 g/mol. The van der Waals surface area contributed by atoms with Gasteiger partial charge in [-0.05, 0) is 53.5 Å². The van der Waals surface area contributed by atoms with Crippen molar-refractivity contribution in [2.75, 3.05) is 5.32 Å². The predicted octanol–water partition coefficient (Wildman–Crippen LogP) is 5.94. The van der Waals surface area contributed by atoms with Gasteiger partial charge in [0.1, 0.15) is 5.75 Å². The van der Waals surface area contributed by atoms with E-state index in [-0.39, 0.29) is 11.8 Å². The SMILES string of the molecule is Cc1ccc(C(C)Nc2ccc(Br)c(Cl)c2Cl)c(O)c1. The first-order chi connectivity index (χ1) is 9.40. The Bertz CT molecular complexity index is 646. The molecule has 0 aliphatic rings. The molecule has 0 fully saturated rings. The number of rotatable bonds is 3. The van der Waals surface area contributed by atoms with Crippen LogP contribution in [0.5, 0.6) is 5.75 Å². The van der Waals surface area contributed by atoms with Crippen molar-refractivity contribution < 1.29 is 5.11 Å². The molecule has 5 heteroatoms. The molecule has 0 aromatic heterocycles. The van der Waals surface area contributed by atoms with Crippen LogP contribution in [0.4, 0.5) is 5.69 Å². The van der Waals surface area contributed by atoms with Crippen molar-refractivity contribution >= 4 is 44.8 Å². The molecule has 1 atom stereocenters. The van der Waals surface area contributed by atoms with Gasteiger partial charge in [0.15, 0.2) is 0 Å². The summed E-state index contributed by atoms with van der Waals surface area (Å²) in [7, 11) is 0. The number of phenolic OH excluding ortho intramolecular Hbond substituents is 1. The first-order valence-corrected chi connectivity index (χ1v) is 7.64. The Labute approximate surface area is 136 Å². The summed E-state index contributed by atoms with van der Waals surface area (Å²) in [5, 5.41) is 14.2. The largest absolute Gasteiger partial charge is 0.508 e.